The fourth-order valence-corrected chi connectivity index (χ4v) is 1.40. The molecule has 1 heterocycles. The number of anilines is 2. The van der Waals surface area contributed by atoms with Gasteiger partial charge in [0.15, 0.2) is 23.3 Å². The molecule has 9 heteroatoms. The number of amides is 2. The Morgan fingerprint density at radius 3 is 2.38 bits per heavy atom. The summed E-state index contributed by atoms with van der Waals surface area (Å²) in [5.41, 5.74) is -0.662. The quantitative estimate of drug-likeness (QED) is 0.656. The van der Waals surface area contributed by atoms with E-state index in [1.165, 1.54) is 6.07 Å². The molecule has 2 aromatic rings. The number of benzene rings is 1. The zero-order valence-corrected chi connectivity index (χ0v) is 10.5. The minimum atomic E-state index is -1.75. The Morgan fingerprint density at radius 2 is 1.76 bits per heavy atom. The summed E-state index contributed by atoms with van der Waals surface area (Å²) < 4.78 is 43.7. The standard InChI is InChI=1S/C12H8F3N3O3/c1-5-4-8(18-21-5)17-12(20)11(19)16-7-3-2-6(13)9(14)10(7)15/h2-4H,1H3,(H,16,19)(H,17,18,20). The lowest BCUT2D eigenvalue weighted by atomic mass is 10.2. The molecule has 0 unspecified atom stereocenters. The van der Waals surface area contributed by atoms with Gasteiger partial charge in [0.05, 0.1) is 5.69 Å². The van der Waals surface area contributed by atoms with E-state index in [0.717, 1.165) is 6.07 Å². The minimum absolute atomic E-state index is 0.0154. The molecule has 21 heavy (non-hydrogen) atoms. The molecule has 0 aliphatic heterocycles. The highest BCUT2D eigenvalue weighted by Gasteiger charge is 2.20. The maximum atomic E-state index is 13.3. The van der Waals surface area contributed by atoms with E-state index in [1.54, 1.807) is 6.92 Å². The fourth-order valence-electron chi connectivity index (χ4n) is 1.40. The molecule has 0 radical (unpaired) electrons. The average molecular weight is 299 g/mol. The van der Waals surface area contributed by atoms with Crippen LogP contribution in [0.2, 0.25) is 0 Å². The van der Waals surface area contributed by atoms with Crippen LogP contribution in [-0.2, 0) is 9.59 Å². The molecular formula is C12H8F3N3O3. The Morgan fingerprint density at radius 1 is 1.10 bits per heavy atom. The molecule has 6 nitrogen and oxygen atoms in total. The molecule has 0 aliphatic rings. The molecule has 0 saturated carbocycles. The van der Waals surface area contributed by atoms with E-state index in [2.05, 4.69) is 15.0 Å². The van der Waals surface area contributed by atoms with Gasteiger partial charge in [0.1, 0.15) is 5.76 Å². The summed E-state index contributed by atoms with van der Waals surface area (Å²) in [5, 5.41) is 7.31. The van der Waals surface area contributed by atoms with Crippen molar-refractivity contribution in [1.29, 1.82) is 0 Å². The number of halogens is 3. The second-order valence-corrected chi connectivity index (χ2v) is 3.95. The third kappa shape index (κ3) is 3.19. The first-order chi connectivity index (χ1) is 9.88. The molecule has 0 aliphatic carbocycles. The molecule has 0 saturated heterocycles. The summed E-state index contributed by atoms with van der Waals surface area (Å²) in [6.45, 7) is 1.57. The molecule has 110 valence electrons. The van der Waals surface area contributed by atoms with Gasteiger partial charge in [0.2, 0.25) is 0 Å². The van der Waals surface area contributed by atoms with Crippen molar-refractivity contribution in [2.24, 2.45) is 0 Å². The van der Waals surface area contributed by atoms with Gasteiger partial charge in [-0.3, -0.25) is 14.9 Å². The van der Waals surface area contributed by atoms with Crippen LogP contribution >= 0.6 is 0 Å². The second-order valence-electron chi connectivity index (χ2n) is 3.95. The van der Waals surface area contributed by atoms with E-state index in [1.807, 2.05) is 5.32 Å². The van der Waals surface area contributed by atoms with Crippen molar-refractivity contribution in [3.05, 3.63) is 41.4 Å². The van der Waals surface area contributed by atoms with E-state index in [0.29, 0.717) is 11.8 Å². The lowest BCUT2D eigenvalue weighted by Gasteiger charge is -2.06. The Bertz CT molecular complexity index is 715. The van der Waals surface area contributed by atoms with Gasteiger partial charge in [-0.2, -0.15) is 0 Å². The van der Waals surface area contributed by atoms with Crippen LogP contribution in [0.1, 0.15) is 5.76 Å². The third-order valence-corrected chi connectivity index (χ3v) is 2.36. The second kappa shape index (κ2) is 5.65. The van der Waals surface area contributed by atoms with Crippen LogP contribution in [0.4, 0.5) is 24.7 Å². The Balaban J connectivity index is 2.07. The largest absolute Gasteiger partial charge is 0.360 e. The van der Waals surface area contributed by atoms with Crippen LogP contribution < -0.4 is 10.6 Å². The van der Waals surface area contributed by atoms with E-state index < -0.39 is 35.0 Å². The third-order valence-electron chi connectivity index (χ3n) is 2.36. The molecule has 2 N–H and O–H groups in total. The minimum Gasteiger partial charge on any atom is -0.360 e. The fraction of sp³-hybridized carbons (Fsp3) is 0.0833. The van der Waals surface area contributed by atoms with Crippen LogP contribution in [0, 0.1) is 24.4 Å². The summed E-state index contributed by atoms with van der Waals surface area (Å²) in [6.07, 6.45) is 0. The number of carbonyl (C=O) groups excluding carboxylic acids is 2. The zero-order chi connectivity index (χ0) is 15.6. The number of nitrogens with one attached hydrogen (secondary N) is 2. The van der Waals surface area contributed by atoms with E-state index in [-0.39, 0.29) is 5.82 Å². The lowest BCUT2D eigenvalue weighted by Crippen LogP contribution is -2.29. The van der Waals surface area contributed by atoms with Gasteiger partial charge >= 0.3 is 11.8 Å². The summed E-state index contributed by atoms with van der Waals surface area (Å²) in [5.74, 6) is -6.83. The van der Waals surface area contributed by atoms with Crippen LogP contribution in [0.25, 0.3) is 0 Å². The van der Waals surface area contributed by atoms with Crippen LogP contribution in [-0.4, -0.2) is 17.0 Å². The van der Waals surface area contributed by atoms with Crippen molar-refractivity contribution in [1.82, 2.24) is 5.16 Å². The first-order valence-corrected chi connectivity index (χ1v) is 5.57. The van der Waals surface area contributed by atoms with Gasteiger partial charge < -0.3 is 9.84 Å². The number of hydrogen-bond donors (Lipinski definition) is 2. The van der Waals surface area contributed by atoms with E-state index in [9.17, 15) is 22.8 Å². The monoisotopic (exact) mass is 299 g/mol. The normalized spacial score (nSPS) is 10.3. The van der Waals surface area contributed by atoms with Gasteiger partial charge in [-0.05, 0) is 19.1 Å². The summed E-state index contributed by atoms with van der Waals surface area (Å²) in [7, 11) is 0. The van der Waals surface area contributed by atoms with Crippen molar-refractivity contribution in [3.8, 4) is 0 Å². The topological polar surface area (TPSA) is 84.2 Å². The highest BCUT2D eigenvalue weighted by Crippen LogP contribution is 2.19. The highest BCUT2D eigenvalue weighted by molar-refractivity contribution is 6.43. The maximum Gasteiger partial charge on any atom is 0.315 e. The SMILES string of the molecule is Cc1cc(NC(=O)C(=O)Nc2ccc(F)c(F)c2F)no1. The Labute approximate surface area is 115 Å². The average Bonchev–Trinajstić information content (AvgIpc) is 2.84. The summed E-state index contributed by atoms with van der Waals surface area (Å²) in [6, 6.07) is 2.76. The van der Waals surface area contributed by atoms with Crippen LogP contribution in [0.15, 0.2) is 22.7 Å². The molecule has 2 amide bonds. The molecular weight excluding hydrogens is 291 g/mol. The van der Waals surface area contributed by atoms with Gasteiger partial charge in [-0.15, -0.1) is 0 Å². The molecule has 1 aromatic carbocycles. The number of rotatable bonds is 2. The summed E-state index contributed by atoms with van der Waals surface area (Å²) >= 11 is 0. The summed E-state index contributed by atoms with van der Waals surface area (Å²) in [4.78, 5) is 23.0. The number of aromatic nitrogens is 1. The molecule has 2 rings (SSSR count). The predicted molar refractivity (Wildman–Crippen MR) is 64.8 cm³/mol. The van der Waals surface area contributed by atoms with Gasteiger partial charge in [-0.25, -0.2) is 13.2 Å². The Hall–Kier alpha value is -2.84. The molecule has 0 fully saturated rings. The van der Waals surface area contributed by atoms with Crippen molar-refractivity contribution < 1.29 is 27.3 Å². The van der Waals surface area contributed by atoms with Gasteiger partial charge in [0, 0.05) is 6.07 Å². The van der Waals surface area contributed by atoms with Crippen molar-refractivity contribution in [2.45, 2.75) is 6.92 Å². The molecule has 1 aromatic heterocycles. The number of nitrogens with zero attached hydrogens (tertiary/aromatic N) is 1. The van der Waals surface area contributed by atoms with E-state index in [4.69, 9.17) is 0 Å². The lowest BCUT2D eigenvalue weighted by molar-refractivity contribution is -0.133. The predicted octanol–water partition coefficient (Wildman–Crippen LogP) is 1.98. The molecule has 0 spiro atoms. The maximum absolute atomic E-state index is 13.3. The van der Waals surface area contributed by atoms with Gasteiger partial charge in [-0.1, -0.05) is 5.16 Å². The van der Waals surface area contributed by atoms with Crippen molar-refractivity contribution in [2.75, 3.05) is 10.6 Å². The highest BCUT2D eigenvalue weighted by atomic mass is 19.2. The smallest absolute Gasteiger partial charge is 0.315 e. The number of carbonyl (C=O) groups is 2. The molecule has 0 atom stereocenters. The van der Waals surface area contributed by atoms with Crippen LogP contribution in [0.5, 0.6) is 0 Å². The zero-order valence-electron chi connectivity index (χ0n) is 10.5. The van der Waals surface area contributed by atoms with E-state index >= 15 is 0 Å². The number of hydrogen-bond acceptors (Lipinski definition) is 4. The van der Waals surface area contributed by atoms with Crippen molar-refractivity contribution in [3.63, 3.8) is 0 Å². The van der Waals surface area contributed by atoms with Gasteiger partial charge in [0.25, 0.3) is 0 Å². The first kappa shape index (κ1) is 14.6. The number of aryl methyl sites for hydroxylation is 1. The van der Waals surface area contributed by atoms with Crippen LogP contribution in [0.3, 0.4) is 0 Å². The first-order valence-electron chi connectivity index (χ1n) is 5.57. The Kier molecular flexibility index (Phi) is 3.92. The molecule has 0 bridgehead atoms. The van der Waals surface area contributed by atoms with Crippen molar-refractivity contribution >= 4 is 23.3 Å².